The molecule has 0 radical (unpaired) electrons. The summed E-state index contributed by atoms with van der Waals surface area (Å²) in [6.07, 6.45) is 3.25. The van der Waals surface area contributed by atoms with E-state index in [1.165, 1.54) is 6.07 Å². The SMILES string of the molecule is Cc1ccc(NC(=S)N(Cc2ccco2)[C@@H](C)c2ccco2)cc1F. The average molecular weight is 358 g/mol. The predicted molar refractivity (Wildman–Crippen MR) is 98.7 cm³/mol. The fourth-order valence-electron chi connectivity index (χ4n) is 2.50. The number of hydrogen-bond donors (Lipinski definition) is 1. The van der Waals surface area contributed by atoms with E-state index in [2.05, 4.69) is 5.32 Å². The van der Waals surface area contributed by atoms with Crippen molar-refractivity contribution in [1.29, 1.82) is 0 Å². The zero-order chi connectivity index (χ0) is 17.8. The summed E-state index contributed by atoms with van der Waals surface area (Å²) in [4.78, 5) is 1.94. The topological polar surface area (TPSA) is 41.5 Å². The van der Waals surface area contributed by atoms with Crippen LogP contribution < -0.4 is 5.32 Å². The van der Waals surface area contributed by atoms with Crippen LogP contribution in [0.3, 0.4) is 0 Å². The highest BCUT2D eigenvalue weighted by Crippen LogP contribution is 2.25. The second-order valence-electron chi connectivity index (χ2n) is 5.79. The first-order valence-corrected chi connectivity index (χ1v) is 8.35. The van der Waals surface area contributed by atoms with Crippen LogP contribution >= 0.6 is 12.2 Å². The van der Waals surface area contributed by atoms with Crippen LogP contribution in [-0.4, -0.2) is 10.0 Å². The van der Waals surface area contributed by atoms with Crippen LogP contribution in [0.1, 0.15) is 30.0 Å². The van der Waals surface area contributed by atoms with Crippen LogP contribution in [0.15, 0.2) is 63.8 Å². The van der Waals surface area contributed by atoms with Gasteiger partial charge in [-0.15, -0.1) is 0 Å². The Morgan fingerprint density at radius 1 is 1.20 bits per heavy atom. The van der Waals surface area contributed by atoms with Crippen molar-refractivity contribution in [2.75, 3.05) is 5.32 Å². The minimum absolute atomic E-state index is 0.115. The molecule has 0 saturated carbocycles. The van der Waals surface area contributed by atoms with Gasteiger partial charge in [0, 0.05) is 5.69 Å². The number of nitrogens with zero attached hydrogens (tertiary/aromatic N) is 1. The largest absolute Gasteiger partial charge is 0.467 e. The highest BCUT2D eigenvalue weighted by atomic mass is 32.1. The van der Waals surface area contributed by atoms with Gasteiger partial charge in [-0.25, -0.2) is 4.39 Å². The molecule has 2 heterocycles. The maximum atomic E-state index is 13.8. The van der Waals surface area contributed by atoms with Gasteiger partial charge < -0.3 is 19.1 Å². The normalized spacial score (nSPS) is 12.0. The van der Waals surface area contributed by atoms with Gasteiger partial charge in [0.05, 0.1) is 25.1 Å². The van der Waals surface area contributed by atoms with Gasteiger partial charge in [0.15, 0.2) is 5.11 Å². The summed E-state index contributed by atoms with van der Waals surface area (Å²) in [6.45, 7) is 4.18. The Bertz CT molecular complexity index is 831. The van der Waals surface area contributed by atoms with Crippen LogP contribution in [0, 0.1) is 12.7 Å². The summed E-state index contributed by atoms with van der Waals surface area (Å²) < 4.78 is 24.7. The molecule has 1 atom stereocenters. The lowest BCUT2D eigenvalue weighted by Crippen LogP contribution is -2.36. The third-order valence-electron chi connectivity index (χ3n) is 4.01. The van der Waals surface area contributed by atoms with Crippen molar-refractivity contribution in [3.05, 3.63) is 77.9 Å². The number of halogens is 1. The number of aryl methyl sites for hydroxylation is 1. The molecule has 0 bridgehead atoms. The lowest BCUT2D eigenvalue weighted by molar-refractivity contribution is 0.269. The number of benzene rings is 1. The fourth-order valence-corrected chi connectivity index (χ4v) is 2.84. The van der Waals surface area contributed by atoms with Crippen LogP contribution in [0.5, 0.6) is 0 Å². The molecule has 0 aliphatic rings. The van der Waals surface area contributed by atoms with E-state index in [1.807, 2.05) is 36.1 Å². The van der Waals surface area contributed by atoms with Crippen molar-refractivity contribution in [3.63, 3.8) is 0 Å². The molecular weight excluding hydrogens is 339 g/mol. The Hall–Kier alpha value is -2.60. The Balaban J connectivity index is 1.82. The van der Waals surface area contributed by atoms with Crippen molar-refractivity contribution >= 4 is 23.0 Å². The first-order valence-electron chi connectivity index (χ1n) is 7.94. The lowest BCUT2D eigenvalue weighted by Gasteiger charge is -2.30. The van der Waals surface area contributed by atoms with E-state index in [0.717, 1.165) is 11.5 Å². The van der Waals surface area contributed by atoms with Gasteiger partial charge in [0.2, 0.25) is 0 Å². The maximum absolute atomic E-state index is 13.8. The van der Waals surface area contributed by atoms with Crippen molar-refractivity contribution in [2.24, 2.45) is 0 Å². The van der Waals surface area contributed by atoms with Crippen molar-refractivity contribution < 1.29 is 13.2 Å². The minimum atomic E-state index is -0.274. The molecule has 0 spiro atoms. The molecule has 0 fully saturated rings. The summed E-state index contributed by atoms with van der Waals surface area (Å²) >= 11 is 5.57. The molecule has 1 N–H and O–H groups in total. The maximum Gasteiger partial charge on any atom is 0.174 e. The van der Waals surface area contributed by atoms with Gasteiger partial charge in [-0.1, -0.05) is 6.07 Å². The van der Waals surface area contributed by atoms with Crippen molar-refractivity contribution in [1.82, 2.24) is 4.90 Å². The molecule has 0 aliphatic carbocycles. The van der Waals surface area contributed by atoms with E-state index >= 15 is 0 Å². The smallest absolute Gasteiger partial charge is 0.174 e. The quantitative estimate of drug-likeness (QED) is 0.629. The van der Waals surface area contributed by atoms with Crippen molar-refractivity contribution in [2.45, 2.75) is 26.4 Å². The third kappa shape index (κ3) is 4.09. The van der Waals surface area contributed by atoms with E-state index in [9.17, 15) is 4.39 Å². The fraction of sp³-hybridized carbons (Fsp3) is 0.211. The molecule has 25 heavy (non-hydrogen) atoms. The predicted octanol–water partition coefficient (Wildman–Crippen LogP) is 5.28. The monoisotopic (exact) mass is 358 g/mol. The Labute approximate surface area is 151 Å². The molecule has 6 heteroatoms. The molecule has 0 saturated heterocycles. The van der Waals surface area contributed by atoms with E-state index in [-0.39, 0.29) is 11.9 Å². The number of hydrogen-bond acceptors (Lipinski definition) is 3. The number of rotatable bonds is 5. The van der Waals surface area contributed by atoms with Crippen LogP contribution in [-0.2, 0) is 6.54 Å². The second-order valence-corrected chi connectivity index (χ2v) is 6.18. The average Bonchev–Trinajstić information content (AvgIpc) is 3.28. The lowest BCUT2D eigenvalue weighted by atomic mass is 10.2. The first-order chi connectivity index (χ1) is 12.0. The summed E-state index contributed by atoms with van der Waals surface area (Å²) in [5.41, 5.74) is 1.19. The minimum Gasteiger partial charge on any atom is -0.467 e. The molecule has 3 aromatic rings. The van der Waals surface area contributed by atoms with E-state index < -0.39 is 0 Å². The molecule has 0 aliphatic heterocycles. The number of furan rings is 2. The zero-order valence-corrected chi connectivity index (χ0v) is 14.8. The molecule has 0 amide bonds. The van der Waals surface area contributed by atoms with Gasteiger partial charge in [-0.05, 0) is 68.0 Å². The third-order valence-corrected chi connectivity index (χ3v) is 4.35. The Morgan fingerprint density at radius 3 is 2.60 bits per heavy atom. The number of anilines is 1. The van der Waals surface area contributed by atoms with Crippen molar-refractivity contribution in [3.8, 4) is 0 Å². The van der Waals surface area contributed by atoms with Crippen LogP contribution in [0.4, 0.5) is 10.1 Å². The van der Waals surface area contributed by atoms with Crippen LogP contribution in [0.2, 0.25) is 0 Å². The molecular formula is C19H19FN2O2S. The van der Waals surface area contributed by atoms with E-state index in [4.69, 9.17) is 21.1 Å². The molecule has 130 valence electrons. The molecule has 0 unspecified atom stereocenters. The first kappa shape index (κ1) is 17.2. The summed E-state index contributed by atoms with van der Waals surface area (Å²) in [5.74, 6) is 1.29. The summed E-state index contributed by atoms with van der Waals surface area (Å²) in [7, 11) is 0. The number of nitrogens with one attached hydrogen (secondary N) is 1. The standard InChI is InChI=1S/C19H19FN2O2S/c1-13-7-8-15(11-17(13)20)21-19(25)22(12-16-5-3-9-23-16)14(2)18-6-4-10-24-18/h3-11,14H,12H2,1-2H3,(H,21,25)/t14-/m0/s1. The van der Waals surface area contributed by atoms with E-state index in [1.54, 1.807) is 31.6 Å². The second kappa shape index (κ2) is 7.53. The van der Waals surface area contributed by atoms with Gasteiger partial charge in [0.25, 0.3) is 0 Å². The zero-order valence-electron chi connectivity index (χ0n) is 14.0. The number of thiocarbonyl (C=S) groups is 1. The van der Waals surface area contributed by atoms with Crippen LogP contribution in [0.25, 0.3) is 0 Å². The van der Waals surface area contributed by atoms with E-state index in [0.29, 0.717) is 22.9 Å². The Morgan fingerprint density at radius 2 is 1.96 bits per heavy atom. The molecule has 3 rings (SSSR count). The summed E-state index contributed by atoms with van der Waals surface area (Å²) in [6, 6.07) is 12.3. The van der Waals surface area contributed by atoms with Gasteiger partial charge in [-0.3, -0.25) is 0 Å². The highest BCUT2D eigenvalue weighted by Gasteiger charge is 2.22. The molecule has 1 aromatic carbocycles. The van der Waals surface area contributed by atoms with Gasteiger partial charge in [0.1, 0.15) is 17.3 Å². The van der Waals surface area contributed by atoms with Gasteiger partial charge in [-0.2, -0.15) is 0 Å². The molecule has 4 nitrogen and oxygen atoms in total. The summed E-state index contributed by atoms with van der Waals surface area (Å²) in [5, 5.41) is 3.56. The van der Waals surface area contributed by atoms with Gasteiger partial charge >= 0.3 is 0 Å². The Kier molecular flexibility index (Phi) is 5.19. The highest BCUT2D eigenvalue weighted by molar-refractivity contribution is 7.80. The molecule has 2 aromatic heterocycles.